The predicted molar refractivity (Wildman–Crippen MR) is 128 cm³/mol. The van der Waals surface area contributed by atoms with Crippen LogP contribution in [0.4, 0.5) is 11.5 Å². The largest absolute Gasteiger partial charge is 0.356 e. The third kappa shape index (κ3) is 5.79. The molecule has 8 heteroatoms. The lowest BCUT2D eigenvalue weighted by Crippen LogP contribution is -2.41. The average molecular weight is 454 g/mol. The zero-order valence-electron chi connectivity index (χ0n) is 18.6. The number of aryl methyl sites for hydroxylation is 2. The summed E-state index contributed by atoms with van der Waals surface area (Å²) in [5, 5.41) is 15.3. The zero-order chi connectivity index (χ0) is 22.3. The fourth-order valence-corrected chi connectivity index (χ4v) is 4.92. The highest BCUT2D eigenvalue weighted by molar-refractivity contribution is 7.99. The Morgan fingerprint density at radius 1 is 1.09 bits per heavy atom. The molecule has 2 amide bonds. The average Bonchev–Trinajstić information content (AvgIpc) is 3.29. The quantitative estimate of drug-likeness (QED) is 0.596. The van der Waals surface area contributed by atoms with E-state index < -0.39 is 0 Å². The first-order chi connectivity index (χ1) is 15.6. The molecular formula is C24H31N5O2S. The number of nitrogens with one attached hydrogen (secondary N) is 2. The van der Waals surface area contributed by atoms with E-state index in [4.69, 9.17) is 0 Å². The van der Waals surface area contributed by atoms with Gasteiger partial charge < -0.3 is 15.5 Å². The molecule has 1 fully saturated rings. The van der Waals surface area contributed by atoms with Gasteiger partial charge in [0.2, 0.25) is 11.8 Å². The molecule has 2 aromatic rings. The third-order valence-corrected chi connectivity index (χ3v) is 7.02. The molecule has 0 radical (unpaired) electrons. The van der Waals surface area contributed by atoms with Gasteiger partial charge in [0, 0.05) is 31.2 Å². The highest BCUT2D eigenvalue weighted by Crippen LogP contribution is 2.26. The van der Waals surface area contributed by atoms with Gasteiger partial charge in [-0.15, -0.1) is 10.2 Å². The molecule has 32 heavy (non-hydrogen) atoms. The maximum atomic E-state index is 12.3. The number of fused-ring (bicyclic) bond motifs is 1. The van der Waals surface area contributed by atoms with E-state index in [1.165, 1.54) is 29.3 Å². The van der Waals surface area contributed by atoms with Crippen molar-refractivity contribution < 1.29 is 9.59 Å². The number of carbonyl (C=O) groups excluding carboxylic acids is 2. The molecule has 4 rings (SSSR count). The van der Waals surface area contributed by atoms with Crippen molar-refractivity contribution in [3.05, 3.63) is 41.5 Å². The summed E-state index contributed by atoms with van der Waals surface area (Å²) in [5.74, 6) is 1.34. The van der Waals surface area contributed by atoms with Crippen LogP contribution in [-0.2, 0) is 22.4 Å². The summed E-state index contributed by atoms with van der Waals surface area (Å²) in [4.78, 5) is 26.6. The Morgan fingerprint density at radius 3 is 2.66 bits per heavy atom. The van der Waals surface area contributed by atoms with Crippen LogP contribution < -0.4 is 15.5 Å². The number of amides is 2. The first-order valence-electron chi connectivity index (χ1n) is 11.5. The van der Waals surface area contributed by atoms with Gasteiger partial charge in [0.25, 0.3) is 0 Å². The number of benzene rings is 1. The van der Waals surface area contributed by atoms with Gasteiger partial charge in [-0.05, 0) is 73.9 Å². The standard InChI is InChI=1S/C24H31N5O2S/c1-2-12-25-24(31)18-10-13-29(14-11-18)21-8-9-23(28-27-21)32-16-22(30)26-20-7-6-17-4-3-5-19(17)15-20/h6-9,15,18H,2-5,10-14,16H2,1H3,(H,25,31)(H,26,30). The summed E-state index contributed by atoms with van der Waals surface area (Å²) >= 11 is 1.38. The van der Waals surface area contributed by atoms with Gasteiger partial charge in [-0.1, -0.05) is 24.8 Å². The van der Waals surface area contributed by atoms with Gasteiger partial charge in [0.1, 0.15) is 5.03 Å². The molecule has 1 aromatic heterocycles. The first-order valence-corrected chi connectivity index (χ1v) is 12.5. The van der Waals surface area contributed by atoms with E-state index in [-0.39, 0.29) is 17.7 Å². The second-order valence-electron chi connectivity index (χ2n) is 8.46. The molecule has 0 unspecified atom stereocenters. The Labute approximate surface area is 193 Å². The summed E-state index contributed by atoms with van der Waals surface area (Å²) in [6, 6.07) is 10.1. The van der Waals surface area contributed by atoms with Crippen LogP contribution in [-0.4, -0.2) is 47.4 Å². The molecular weight excluding hydrogens is 422 g/mol. The number of carbonyl (C=O) groups is 2. The Kier molecular flexibility index (Phi) is 7.63. The topological polar surface area (TPSA) is 87.2 Å². The second kappa shape index (κ2) is 10.8. The van der Waals surface area contributed by atoms with Crippen molar-refractivity contribution in [1.29, 1.82) is 0 Å². The number of rotatable bonds is 8. The Hall–Kier alpha value is -2.61. The van der Waals surface area contributed by atoms with Gasteiger partial charge in [0.15, 0.2) is 5.82 Å². The van der Waals surface area contributed by atoms with Crippen molar-refractivity contribution in [2.45, 2.75) is 50.5 Å². The van der Waals surface area contributed by atoms with Gasteiger partial charge >= 0.3 is 0 Å². The van der Waals surface area contributed by atoms with E-state index in [0.29, 0.717) is 5.75 Å². The molecule has 1 aliphatic carbocycles. The molecule has 1 saturated heterocycles. The number of hydrogen-bond donors (Lipinski definition) is 2. The van der Waals surface area contributed by atoms with Gasteiger partial charge in [0.05, 0.1) is 5.75 Å². The molecule has 2 heterocycles. The Bertz CT molecular complexity index is 942. The number of piperidine rings is 1. The number of hydrogen-bond acceptors (Lipinski definition) is 6. The highest BCUT2D eigenvalue weighted by Gasteiger charge is 2.25. The van der Waals surface area contributed by atoms with E-state index in [1.807, 2.05) is 18.2 Å². The first kappa shape index (κ1) is 22.6. The fraction of sp³-hybridized carbons (Fsp3) is 0.500. The SMILES string of the molecule is CCCNC(=O)C1CCN(c2ccc(SCC(=O)Nc3ccc4c(c3)CCC4)nn2)CC1. The molecule has 170 valence electrons. The lowest BCUT2D eigenvalue weighted by Gasteiger charge is -2.31. The molecule has 7 nitrogen and oxygen atoms in total. The Morgan fingerprint density at radius 2 is 1.91 bits per heavy atom. The highest BCUT2D eigenvalue weighted by atomic mass is 32.2. The van der Waals surface area contributed by atoms with Crippen molar-refractivity contribution in [1.82, 2.24) is 15.5 Å². The summed E-state index contributed by atoms with van der Waals surface area (Å²) in [7, 11) is 0. The van der Waals surface area contributed by atoms with Crippen molar-refractivity contribution in [3.8, 4) is 0 Å². The van der Waals surface area contributed by atoms with Crippen molar-refractivity contribution >= 4 is 35.1 Å². The number of thioether (sulfide) groups is 1. The van der Waals surface area contributed by atoms with Gasteiger partial charge in [-0.25, -0.2) is 0 Å². The maximum Gasteiger partial charge on any atom is 0.234 e. The molecule has 0 atom stereocenters. The predicted octanol–water partition coefficient (Wildman–Crippen LogP) is 3.44. The van der Waals surface area contributed by atoms with Crippen LogP contribution in [0, 0.1) is 5.92 Å². The van der Waals surface area contributed by atoms with Gasteiger partial charge in [-0.2, -0.15) is 0 Å². The molecule has 1 aliphatic heterocycles. The van der Waals surface area contributed by atoms with Crippen molar-refractivity contribution in [2.24, 2.45) is 5.92 Å². The van der Waals surface area contributed by atoms with E-state index in [1.54, 1.807) is 0 Å². The van der Waals surface area contributed by atoms with Crippen molar-refractivity contribution in [3.63, 3.8) is 0 Å². The lowest BCUT2D eigenvalue weighted by molar-refractivity contribution is -0.125. The van der Waals surface area contributed by atoms with Crippen LogP contribution in [0.1, 0.15) is 43.7 Å². The number of anilines is 2. The minimum Gasteiger partial charge on any atom is -0.356 e. The number of aromatic nitrogens is 2. The van der Waals surface area contributed by atoms with Crippen LogP contribution in [0.25, 0.3) is 0 Å². The van der Waals surface area contributed by atoms with E-state index in [9.17, 15) is 9.59 Å². The summed E-state index contributed by atoms with van der Waals surface area (Å²) in [6.07, 6.45) is 6.05. The maximum absolute atomic E-state index is 12.3. The summed E-state index contributed by atoms with van der Waals surface area (Å²) < 4.78 is 0. The van der Waals surface area contributed by atoms with Crippen molar-refractivity contribution in [2.75, 3.05) is 35.6 Å². The second-order valence-corrected chi connectivity index (χ2v) is 9.45. The summed E-state index contributed by atoms with van der Waals surface area (Å²) in [6.45, 7) is 4.40. The molecule has 1 aromatic carbocycles. The van der Waals surface area contributed by atoms with E-state index in [0.717, 1.165) is 68.3 Å². The third-order valence-electron chi connectivity index (χ3n) is 6.10. The van der Waals surface area contributed by atoms with E-state index in [2.05, 4.69) is 44.8 Å². The van der Waals surface area contributed by atoms with Gasteiger partial charge in [-0.3, -0.25) is 9.59 Å². The smallest absolute Gasteiger partial charge is 0.234 e. The minimum atomic E-state index is -0.0396. The monoisotopic (exact) mass is 453 g/mol. The fourth-order valence-electron chi connectivity index (χ4n) is 4.31. The van der Waals surface area contributed by atoms with Crippen LogP contribution in [0.3, 0.4) is 0 Å². The van der Waals surface area contributed by atoms with Crippen LogP contribution in [0.2, 0.25) is 0 Å². The Balaban J connectivity index is 1.22. The minimum absolute atomic E-state index is 0.0396. The number of nitrogens with zero attached hydrogens (tertiary/aromatic N) is 3. The van der Waals surface area contributed by atoms with Crippen LogP contribution in [0.5, 0.6) is 0 Å². The molecule has 0 bridgehead atoms. The van der Waals surface area contributed by atoms with Crippen LogP contribution in [0.15, 0.2) is 35.4 Å². The molecule has 0 saturated carbocycles. The van der Waals surface area contributed by atoms with Crippen LogP contribution >= 0.6 is 11.8 Å². The van der Waals surface area contributed by atoms with E-state index >= 15 is 0 Å². The normalized spacial score (nSPS) is 16.0. The molecule has 2 N–H and O–H groups in total. The lowest BCUT2D eigenvalue weighted by atomic mass is 9.96. The molecule has 2 aliphatic rings. The zero-order valence-corrected chi connectivity index (χ0v) is 19.4. The molecule has 0 spiro atoms. The summed E-state index contributed by atoms with van der Waals surface area (Å²) in [5.41, 5.74) is 3.61.